The molecular weight excluding hydrogens is 597 g/mol. The number of esters is 1. The van der Waals surface area contributed by atoms with Crippen molar-refractivity contribution in [3.05, 3.63) is 101 Å². The van der Waals surface area contributed by atoms with E-state index in [0.717, 1.165) is 16.7 Å². The van der Waals surface area contributed by atoms with Crippen molar-refractivity contribution >= 4 is 23.6 Å². The SMILES string of the molecule is C.C=CCOC(=O)c1ccc2c(c1C)CC[C@@H]2NC(=O)c1cc(C(=O)O)nc2ncnn12.NCc1cccc(OC(F)(F)F)c1. The zero-order valence-corrected chi connectivity index (χ0v) is 23.3. The molecule has 0 fully saturated rings. The Kier molecular flexibility index (Phi) is 11.0. The first kappa shape index (κ1) is 34.2. The number of ether oxygens (including phenoxy) is 2. The van der Waals surface area contributed by atoms with Gasteiger partial charge < -0.3 is 25.6 Å². The highest BCUT2D eigenvalue weighted by Gasteiger charge is 2.31. The second kappa shape index (κ2) is 14.4. The van der Waals surface area contributed by atoms with Gasteiger partial charge in [-0.2, -0.15) is 14.6 Å². The number of aromatic carboxylic acids is 1. The fourth-order valence-electron chi connectivity index (χ4n) is 4.65. The number of rotatable bonds is 8. The minimum absolute atomic E-state index is 0. The lowest BCUT2D eigenvalue weighted by Gasteiger charge is -2.16. The molecule has 45 heavy (non-hydrogen) atoms. The molecule has 2 aromatic carbocycles. The lowest BCUT2D eigenvalue weighted by molar-refractivity contribution is -0.274. The van der Waals surface area contributed by atoms with E-state index in [1.54, 1.807) is 12.1 Å². The van der Waals surface area contributed by atoms with E-state index in [9.17, 15) is 32.7 Å². The minimum atomic E-state index is -4.65. The van der Waals surface area contributed by atoms with Crippen LogP contribution < -0.4 is 15.8 Å². The predicted octanol–water partition coefficient (Wildman–Crippen LogP) is 4.57. The molecule has 15 heteroatoms. The van der Waals surface area contributed by atoms with E-state index in [4.69, 9.17) is 10.5 Å². The Morgan fingerprint density at radius 3 is 2.64 bits per heavy atom. The first-order valence-corrected chi connectivity index (χ1v) is 13.1. The van der Waals surface area contributed by atoms with Crippen molar-refractivity contribution < 1.29 is 42.1 Å². The van der Waals surface area contributed by atoms with Crippen molar-refractivity contribution in [3.63, 3.8) is 0 Å². The Labute approximate surface area is 255 Å². The molecule has 0 unspecified atom stereocenters. The van der Waals surface area contributed by atoms with Crippen LogP contribution in [0.1, 0.15) is 73.5 Å². The molecule has 1 amide bonds. The third kappa shape index (κ3) is 8.20. The molecule has 12 nitrogen and oxygen atoms in total. The molecule has 0 spiro atoms. The summed E-state index contributed by atoms with van der Waals surface area (Å²) in [6.07, 6.45) is -0.610. The van der Waals surface area contributed by atoms with Crippen LogP contribution in [0, 0.1) is 6.92 Å². The number of hydrogen-bond acceptors (Lipinski definition) is 9. The number of halogens is 3. The Hall–Kier alpha value is -5.31. The number of carbonyl (C=O) groups is 3. The van der Waals surface area contributed by atoms with E-state index in [1.807, 2.05) is 13.0 Å². The number of alkyl halides is 3. The maximum atomic E-state index is 13.0. The standard InChI is InChI=1S/C21H19N5O5.C8H8F3NO.CH4/c1-3-8-31-20(30)13-4-5-14-12(11(13)2)6-7-15(14)24-18(27)17-9-16(19(28)29)25-21-22-10-23-26(17)21;9-8(10,11)13-7-3-1-2-6(4-7)5-12;/h3-5,9-10,15H,1,6-8H2,2H3,(H,24,27)(H,28,29);1-4H,5,12H2;1H4/t15-;;/m0../s1. The number of nitrogens with one attached hydrogen (secondary N) is 1. The molecule has 4 N–H and O–H groups in total. The zero-order valence-electron chi connectivity index (χ0n) is 23.3. The highest BCUT2D eigenvalue weighted by Crippen LogP contribution is 2.35. The quantitative estimate of drug-likeness (QED) is 0.185. The van der Waals surface area contributed by atoms with Gasteiger partial charge in [0.1, 0.15) is 24.4 Å². The molecule has 2 heterocycles. The third-order valence-electron chi connectivity index (χ3n) is 6.62. The zero-order chi connectivity index (χ0) is 32.0. The fraction of sp³-hybridized carbons (Fsp3) is 0.267. The van der Waals surface area contributed by atoms with Gasteiger partial charge in [0.25, 0.3) is 11.7 Å². The Morgan fingerprint density at radius 1 is 1.22 bits per heavy atom. The maximum absolute atomic E-state index is 13.0. The topological polar surface area (TPSA) is 171 Å². The number of carboxylic acid groups (broad SMARTS) is 1. The predicted molar refractivity (Wildman–Crippen MR) is 156 cm³/mol. The molecule has 0 bridgehead atoms. The van der Waals surface area contributed by atoms with Crippen LogP contribution in [-0.4, -0.2) is 55.5 Å². The summed E-state index contributed by atoms with van der Waals surface area (Å²) >= 11 is 0. The van der Waals surface area contributed by atoms with Gasteiger partial charge in [-0.05, 0) is 60.2 Å². The number of carbonyl (C=O) groups excluding carboxylic acids is 2. The van der Waals surface area contributed by atoms with Crippen molar-refractivity contribution in [1.82, 2.24) is 24.9 Å². The molecule has 0 radical (unpaired) electrons. The van der Waals surface area contributed by atoms with Crippen LogP contribution in [0.3, 0.4) is 0 Å². The number of benzene rings is 2. The van der Waals surface area contributed by atoms with Crippen LogP contribution in [0.2, 0.25) is 0 Å². The van der Waals surface area contributed by atoms with Gasteiger partial charge in [-0.15, -0.1) is 13.2 Å². The van der Waals surface area contributed by atoms with Crippen molar-refractivity contribution in [2.75, 3.05) is 6.61 Å². The summed E-state index contributed by atoms with van der Waals surface area (Å²) in [6.45, 7) is 5.71. The van der Waals surface area contributed by atoms with E-state index < -0.39 is 24.2 Å². The van der Waals surface area contributed by atoms with Gasteiger partial charge in [0, 0.05) is 12.6 Å². The largest absolute Gasteiger partial charge is 0.573 e. The lowest BCUT2D eigenvalue weighted by atomic mass is 9.98. The highest BCUT2D eigenvalue weighted by molar-refractivity contribution is 5.96. The van der Waals surface area contributed by atoms with E-state index in [-0.39, 0.29) is 49.5 Å². The molecule has 238 valence electrons. The van der Waals surface area contributed by atoms with Crippen molar-refractivity contribution in [2.45, 2.75) is 46.1 Å². The van der Waals surface area contributed by atoms with Crippen LogP contribution in [0.4, 0.5) is 13.2 Å². The van der Waals surface area contributed by atoms with E-state index in [2.05, 4.69) is 31.7 Å². The smallest absolute Gasteiger partial charge is 0.477 e. The number of nitrogens with zero attached hydrogens (tertiary/aromatic N) is 4. The summed E-state index contributed by atoms with van der Waals surface area (Å²) < 4.78 is 45.2. The van der Waals surface area contributed by atoms with Crippen LogP contribution >= 0.6 is 0 Å². The minimum Gasteiger partial charge on any atom is -0.477 e. The van der Waals surface area contributed by atoms with Crippen LogP contribution in [0.5, 0.6) is 5.75 Å². The van der Waals surface area contributed by atoms with Crippen molar-refractivity contribution in [1.29, 1.82) is 0 Å². The summed E-state index contributed by atoms with van der Waals surface area (Å²) in [6, 6.07) is 9.95. The van der Waals surface area contributed by atoms with Crippen molar-refractivity contribution in [2.24, 2.45) is 5.73 Å². The summed E-state index contributed by atoms with van der Waals surface area (Å²) in [5.41, 5.74) is 8.78. The monoisotopic (exact) mass is 628 g/mol. The van der Waals surface area contributed by atoms with Crippen LogP contribution in [0.25, 0.3) is 5.78 Å². The number of aromatic nitrogens is 4. The van der Waals surface area contributed by atoms with Crippen molar-refractivity contribution in [3.8, 4) is 5.75 Å². The van der Waals surface area contributed by atoms with E-state index >= 15 is 0 Å². The molecule has 2 aromatic heterocycles. The first-order valence-electron chi connectivity index (χ1n) is 13.1. The summed E-state index contributed by atoms with van der Waals surface area (Å²) in [7, 11) is 0. The summed E-state index contributed by atoms with van der Waals surface area (Å²) in [5.74, 6) is -2.40. The van der Waals surface area contributed by atoms with Gasteiger partial charge in [0.2, 0.25) is 0 Å². The molecule has 0 saturated carbocycles. The third-order valence-corrected chi connectivity index (χ3v) is 6.62. The van der Waals surface area contributed by atoms with Gasteiger partial charge in [-0.25, -0.2) is 14.6 Å². The van der Waals surface area contributed by atoms with Gasteiger partial charge in [-0.3, -0.25) is 4.79 Å². The van der Waals surface area contributed by atoms with E-state index in [1.165, 1.54) is 41.2 Å². The summed E-state index contributed by atoms with van der Waals surface area (Å²) in [4.78, 5) is 44.3. The second-order valence-electron chi connectivity index (χ2n) is 9.46. The van der Waals surface area contributed by atoms with Crippen LogP contribution in [0.15, 0.2) is 61.4 Å². The molecule has 0 aliphatic heterocycles. The fourth-order valence-corrected chi connectivity index (χ4v) is 4.65. The second-order valence-corrected chi connectivity index (χ2v) is 9.46. The Morgan fingerprint density at radius 2 is 1.98 bits per heavy atom. The van der Waals surface area contributed by atoms with Gasteiger partial charge in [0.15, 0.2) is 5.69 Å². The van der Waals surface area contributed by atoms with Gasteiger partial charge >= 0.3 is 18.3 Å². The molecule has 1 aliphatic rings. The highest BCUT2D eigenvalue weighted by atomic mass is 19.4. The number of nitrogens with two attached hydrogens (primary N) is 1. The number of hydrogen-bond donors (Lipinski definition) is 3. The average Bonchev–Trinajstić information content (AvgIpc) is 3.62. The Bertz CT molecular complexity index is 1720. The molecule has 0 saturated heterocycles. The maximum Gasteiger partial charge on any atom is 0.573 e. The normalized spacial score (nSPS) is 13.5. The number of amides is 1. The number of fused-ring (bicyclic) bond motifs is 2. The molecule has 5 rings (SSSR count). The Balaban J connectivity index is 0.000000333. The molecular formula is C30H31F3N6O6. The van der Waals surface area contributed by atoms with E-state index in [0.29, 0.717) is 24.0 Å². The van der Waals surface area contributed by atoms with Crippen LogP contribution in [-0.2, 0) is 17.7 Å². The lowest BCUT2D eigenvalue weighted by Crippen LogP contribution is -2.29. The molecule has 4 aromatic rings. The van der Waals surface area contributed by atoms with Gasteiger partial charge in [-0.1, -0.05) is 38.3 Å². The first-order chi connectivity index (χ1) is 20.9. The average molecular weight is 629 g/mol. The molecule has 1 atom stereocenters. The van der Waals surface area contributed by atoms with Gasteiger partial charge in [0.05, 0.1) is 11.6 Å². The summed E-state index contributed by atoms with van der Waals surface area (Å²) in [5, 5.41) is 16.2. The number of carboxylic acids is 1. The molecule has 1 aliphatic carbocycles.